The van der Waals surface area contributed by atoms with E-state index in [0.717, 1.165) is 37.8 Å². The number of halogens is 4. The van der Waals surface area contributed by atoms with E-state index < -0.39 is 29.2 Å². The van der Waals surface area contributed by atoms with Gasteiger partial charge in [-0.05, 0) is 36.4 Å². The molecule has 0 unspecified atom stereocenters. The van der Waals surface area contributed by atoms with Crippen LogP contribution in [0.4, 0.5) is 17.6 Å². The molecule has 1 fully saturated rings. The Bertz CT molecular complexity index is 1250. The third-order valence-corrected chi connectivity index (χ3v) is 5.94. The van der Waals surface area contributed by atoms with Crippen molar-refractivity contribution in [1.82, 2.24) is 19.9 Å². The quantitative estimate of drug-likeness (QED) is 0.165. The zero-order chi connectivity index (χ0) is 23.0. The minimum absolute atomic E-state index is 0. The molecule has 0 spiro atoms. The number of nitrogens with zero attached hydrogens (tertiary/aromatic N) is 4. The molecule has 4 heterocycles. The third kappa shape index (κ3) is 4.39. The van der Waals surface area contributed by atoms with E-state index in [1.54, 1.807) is 24.3 Å². The fourth-order valence-electron chi connectivity index (χ4n) is 4.41. The monoisotopic (exact) mass is 643 g/mol. The minimum Gasteiger partial charge on any atom is -0.300 e. The van der Waals surface area contributed by atoms with E-state index in [9.17, 15) is 17.6 Å². The van der Waals surface area contributed by atoms with E-state index in [1.165, 1.54) is 0 Å². The topological polar surface area (TPSA) is 51.6 Å². The van der Waals surface area contributed by atoms with Gasteiger partial charge >= 0.3 is 21.1 Å². The van der Waals surface area contributed by atoms with E-state index >= 15 is 0 Å². The second-order valence-corrected chi connectivity index (χ2v) is 7.88. The van der Waals surface area contributed by atoms with Gasteiger partial charge in [0.1, 0.15) is 23.8 Å². The average molecular weight is 644 g/mol. The molecule has 1 aliphatic carbocycles. The third-order valence-electron chi connectivity index (χ3n) is 5.94. The molecule has 9 heteroatoms. The summed E-state index contributed by atoms with van der Waals surface area (Å²) in [6, 6.07) is 17.4. The molecule has 4 aromatic rings. The zero-order valence-corrected chi connectivity index (χ0v) is 19.8. The average Bonchev–Trinajstić information content (AvgIpc) is 3.31. The molecule has 34 heavy (non-hydrogen) atoms. The van der Waals surface area contributed by atoms with Gasteiger partial charge in [0.2, 0.25) is 0 Å². The molecule has 0 aliphatic heterocycles. The maximum absolute atomic E-state index is 14.3. The van der Waals surface area contributed by atoms with E-state index in [0.29, 0.717) is 11.4 Å². The molecule has 1 saturated carbocycles. The van der Waals surface area contributed by atoms with E-state index in [2.05, 4.69) is 32.1 Å². The minimum atomic E-state index is -0.991. The molecular formula is C25H16F4N4Pt. The van der Waals surface area contributed by atoms with Crippen LogP contribution in [0.3, 0.4) is 0 Å². The molecule has 4 aromatic heterocycles. The Labute approximate surface area is 207 Å². The van der Waals surface area contributed by atoms with Crippen LogP contribution in [0.15, 0.2) is 48.5 Å². The van der Waals surface area contributed by atoms with Gasteiger partial charge in [0, 0.05) is 11.4 Å². The fourth-order valence-corrected chi connectivity index (χ4v) is 4.41. The van der Waals surface area contributed by atoms with Crippen molar-refractivity contribution in [2.75, 3.05) is 0 Å². The Balaban J connectivity index is 0.00000274. The summed E-state index contributed by atoms with van der Waals surface area (Å²) in [4.78, 5) is 15.8. The fraction of sp³-hybridized carbons (Fsp3) is 0.200. The maximum atomic E-state index is 14.3. The Morgan fingerprint density at radius 1 is 0.647 bits per heavy atom. The summed E-state index contributed by atoms with van der Waals surface area (Å²) < 4.78 is 55.0. The molecular weight excluding hydrogens is 627 g/mol. The second-order valence-electron chi connectivity index (χ2n) is 7.88. The molecule has 1 aliphatic rings. The van der Waals surface area contributed by atoms with Crippen molar-refractivity contribution < 1.29 is 38.6 Å². The van der Waals surface area contributed by atoms with Crippen LogP contribution >= 0.6 is 0 Å². The first-order valence-electron chi connectivity index (χ1n) is 10.4. The van der Waals surface area contributed by atoms with Crippen LogP contribution < -0.4 is 0 Å². The van der Waals surface area contributed by atoms with Crippen LogP contribution in [0.25, 0.3) is 22.5 Å². The van der Waals surface area contributed by atoms with Gasteiger partial charge in [0.25, 0.3) is 0 Å². The summed E-state index contributed by atoms with van der Waals surface area (Å²) in [5, 5.41) is 0. The van der Waals surface area contributed by atoms with E-state index in [4.69, 9.17) is 0 Å². The smallest absolute Gasteiger partial charge is 0.300 e. The van der Waals surface area contributed by atoms with E-state index in [-0.39, 0.29) is 43.6 Å². The van der Waals surface area contributed by atoms with Gasteiger partial charge in [-0.15, -0.1) is 12.1 Å². The standard InChI is InChI=1S/C25H16F4N4.Pt/c26-21-11-9-15(23(28)32-21)17-5-3-7-19(30-17)25(13-1-2-14-25)20-8-4-6-18(31-20)16-10-12-22(27)33-24(16)29;/h3-8,11-12H,1-2,13-14H2;/q-2;+2. The Morgan fingerprint density at radius 2 is 1.09 bits per heavy atom. The van der Waals surface area contributed by atoms with Crippen LogP contribution in [0.5, 0.6) is 0 Å². The summed E-state index contributed by atoms with van der Waals surface area (Å²) in [5.41, 5.74) is 1.26. The summed E-state index contributed by atoms with van der Waals surface area (Å²) in [6.07, 6.45) is 3.33. The number of hydrogen-bond acceptors (Lipinski definition) is 4. The van der Waals surface area contributed by atoms with Gasteiger partial charge in [0.05, 0.1) is 5.41 Å². The second kappa shape index (κ2) is 9.71. The Hall–Kier alpha value is -2.99. The summed E-state index contributed by atoms with van der Waals surface area (Å²) in [7, 11) is 0. The van der Waals surface area contributed by atoms with Crippen molar-refractivity contribution in [3.63, 3.8) is 0 Å². The van der Waals surface area contributed by atoms with Gasteiger partial charge in [0.15, 0.2) is 0 Å². The first kappa shape index (κ1) is 24.1. The molecule has 0 atom stereocenters. The SMILES string of the molecule is Fc1c[c-]c(-c2cccc(C3(c4cccc(-c5[c-]cc(F)nc5F)n4)CCCC3)n2)c(F)n1.[Pt+2]. The molecule has 0 saturated heterocycles. The number of hydrogen-bond donors (Lipinski definition) is 0. The maximum Gasteiger partial charge on any atom is 2.00 e. The van der Waals surface area contributed by atoms with E-state index in [1.807, 2.05) is 12.1 Å². The van der Waals surface area contributed by atoms with Gasteiger partial charge < -0.3 is 9.97 Å². The predicted octanol–water partition coefficient (Wildman–Crippen LogP) is 5.61. The van der Waals surface area contributed by atoms with Crippen LogP contribution in [0.1, 0.15) is 37.1 Å². The molecule has 0 bridgehead atoms. The summed E-state index contributed by atoms with van der Waals surface area (Å²) >= 11 is 0. The van der Waals surface area contributed by atoms with Crippen molar-refractivity contribution in [2.24, 2.45) is 0 Å². The largest absolute Gasteiger partial charge is 2.00 e. The molecule has 5 rings (SSSR count). The molecule has 0 N–H and O–H groups in total. The van der Waals surface area contributed by atoms with Gasteiger partial charge in [-0.2, -0.15) is 0 Å². The van der Waals surface area contributed by atoms with Crippen LogP contribution in [-0.4, -0.2) is 19.9 Å². The molecule has 4 nitrogen and oxygen atoms in total. The van der Waals surface area contributed by atoms with Crippen LogP contribution in [0.2, 0.25) is 0 Å². The van der Waals surface area contributed by atoms with Gasteiger partial charge in [-0.25, -0.2) is 17.6 Å². The Kier molecular flexibility index (Phi) is 6.89. The Morgan fingerprint density at radius 3 is 1.50 bits per heavy atom. The van der Waals surface area contributed by atoms with Crippen molar-refractivity contribution in [3.8, 4) is 22.5 Å². The normalized spacial score (nSPS) is 14.6. The van der Waals surface area contributed by atoms with Crippen molar-refractivity contribution in [2.45, 2.75) is 31.1 Å². The summed E-state index contributed by atoms with van der Waals surface area (Å²) in [6.45, 7) is 0. The molecule has 0 amide bonds. The van der Waals surface area contributed by atoms with Crippen molar-refractivity contribution in [1.29, 1.82) is 0 Å². The molecule has 174 valence electrons. The number of pyridine rings is 4. The number of aromatic nitrogens is 4. The first-order chi connectivity index (χ1) is 16.0. The van der Waals surface area contributed by atoms with Crippen LogP contribution in [-0.2, 0) is 26.5 Å². The van der Waals surface area contributed by atoms with Crippen molar-refractivity contribution in [3.05, 3.63) is 95.8 Å². The first-order valence-corrected chi connectivity index (χ1v) is 10.4. The number of rotatable bonds is 4. The van der Waals surface area contributed by atoms with Gasteiger partial charge in [-0.3, -0.25) is 9.97 Å². The molecule has 0 radical (unpaired) electrons. The van der Waals surface area contributed by atoms with Crippen molar-refractivity contribution >= 4 is 0 Å². The zero-order valence-electron chi connectivity index (χ0n) is 17.6. The van der Waals surface area contributed by atoms with Crippen LogP contribution in [0, 0.1) is 35.9 Å². The van der Waals surface area contributed by atoms with Gasteiger partial charge in [-0.1, -0.05) is 60.4 Å². The predicted molar refractivity (Wildman–Crippen MR) is 112 cm³/mol. The summed E-state index contributed by atoms with van der Waals surface area (Å²) in [5.74, 6) is -3.90. The molecule has 0 aromatic carbocycles.